The lowest BCUT2D eigenvalue weighted by Crippen LogP contribution is -2.54. The summed E-state index contributed by atoms with van der Waals surface area (Å²) in [4.78, 5) is 34.2. The average Bonchev–Trinajstić information content (AvgIpc) is 2.85. The van der Waals surface area contributed by atoms with Crippen molar-refractivity contribution < 1.29 is 9.59 Å². The van der Waals surface area contributed by atoms with E-state index < -0.39 is 5.41 Å². The lowest BCUT2D eigenvalue weighted by atomic mass is 9.73. The maximum atomic E-state index is 13.4. The van der Waals surface area contributed by atoms with Crippen molar-refractivity contribution in [1.29, 1.82) is 0 Å². The zero-order valence-electron chi connectivity index (χ0n) is 19.6. The number of nitrogens with zero attached hydrogens (tertiary/aromatic N) is 3. The van der Waals surface area contributed by atoms with E-state index in [4.69, 9.17) is 0 Å². The van der Waals surface area contributed by atoms with Crippen LogP contribution in [0.3, 0.4) is 0 Å². The van der Waals surface area contributed by atoms with E-state index in [-0.39, 0.29) is 11.8 Å². The molecule has 0 spiro atoms. The lowest BCUT2D eigenvalue weighted by Gasteiger charge is -2.43. The van der Waals surface area contributed by atoms with Gasteiger partial charge in [-0.15, -0.1) is 0 Å². The van der Waals surface area contributed by atoms with Crippen molar-refractivity contribution in [3.63, 3.8) is 0 Å². The predicted octanol–water partition coefficient (Wildman–Crippen LogP) is 4.61. The molecule has 33 heavy (non-hydrogen) atoms. The first kappa shape index (κ1) is 22.7. The molecule has 0 N–H and O–H groups in total. The van der Waals surface area contributed by atoms with E-state index in [1.54, 1.807) is 42.2 Å². The molecule has 0 saturated carbocycles. The van der Waals surface area contributed by atoms with Gasteiger partial charge in [0.1, 0.15) is 5.69 Å². The summed E-state index contributed by atoms with van der Waals surface area (Å²) in [7, 11) is 3.59. The molecule has 2 amide bonds. The molecule has 5 nitrogen and oxygen atoms in total. The van der Waals surface area contributed by atoms with E-state index in [0.717, 1.165) is 24.0 Å². The standard InChI is InChI=1S/C28H31N3O2/c1-21-8-12-23(13-9-21)24-14-10-22(11-15-24)19-28(27(33)30(2)3)16-6-18-31(20-28)26(32)25-7-4-5-17-29-25/h4-5,7-15,17H,6,16,18-20H2,1-3H3/t28-/m0/s1. The Balaban J connectivity index is 1.58. The summed E-state index contributed by atoms with van der Waals surface area (Å²) in [6, 6.07) is 22.3. The molecule has 1 aliphatic rings. The number of benzene rings is 2. The van der Waals surface area contributed by atoms with Gasteiger partial charge in [0, 0.05) is 33.4 Å². The zero-order valence-corrected chi connectivity index (χ0v) is 19.6. The highest BCUT2D eigenvalue weighted by Gasteiger charge is 2.44. The van der Waals surface area contributed by atoms with Crippen molar-refractivity contribution in [3.8, 4) is 11.1 Å². The third-order valence-corrected chi connectivity index (χ3v) is 6.49. The number of carbonyl (C=O) groups is 2. The van der Waals surface area contributed by atoms with Gasteiger partial charge in [0.2, 0.25) is 5.91 Å². The summed E-state index contributed by atoms with van der Waals surface area (Å²) in [6.07, 6.45) is 3.78. The molecule has 3 aromatic rings. The van der Waals surface area contributed by atoms with E-state index in [1.807, 2.05) is 6.07 Å². The van der Waals surface area contributed by atoms with Gasteiger partial charge in [0.25, 0.3) is 5.91 Å². The first-order valence-electron chi connectivity index (χ1n) is 11.5. The SMILES string of the molecule is Cc1ccc(-c2ccc(C[C@@]3(C(=O)N(C)C)CCCN(C(=O)c4ccccn4)C3)cc2)cc1. The van der Waals surface area contributed by atoms with Crippen molar-refractivity contribution >= 4 is 11.8 Å². The first-order valence-corrected chi connectivity index (χ1v) is 11.5. The smallest absolute Gasteiger partial charge is 0.272 e. The van der Waals surface area contributed by atoms with Gasteiger partial charge < -0.3 is 9.80 Å². The van der Waals surface area contributed by atoms with Crippen LogP contribution in [0.4, 0.5) is 0 Å². The second-order valence-corrected chi connectivity index (χ2v) is 9.26. The van der Waals surface area contributed by atoms with Gasteiger partial charge in [-0.1, -0.05) is 60.2 Å². The lowest BCUT2D eigenvalue weighted by molar-refractivity contribution is -0.142. The van der Waals surface area contributed by atoms with Crippen LogP contribution in [0.25, 0.3) is 11.1 Å². The normalized spacial score (nSPS) is 18.1. The van der Waals surface area contributed by atoms with Crippen LogP contribution in [0.15, 0.2) is 72.9 Å². The summed E-state index contributed by atoms with van der Waals surface area (Å²) >= 11 is 0. The number of carbonyl (C=O) groups excluding carboxylic acids is 2. The van der Waals surface area contributed by atoms with Crippen molar-refractivity contribution in [3.05, 3.63) is 89.7 Å². The van der Waals surface area contributed by atoms with Crippen molar-refractivity contribution in [2.75, 3.05) is 27.2 Å². The van der Waals surface area contributed by atoms with Crippen LogP contribution in [0.1, 0.15) is 34.5 Å². The number of likely N-dealkylation sites (tertiary alicyclic amines) is 1. The molecule has 1 aromatic heterocycles. The van der Waals surface area contributed by atoms with Crippen LogP contribution >= 0.6 is 0 Å². The minimum absolute atomic E-state index is 0.0728. The van der Waals surface area contributed by atoms with E-state index >= 15 is 0 Å². The second-order valence-electron chi connectivity index (χ2n) is 9.26. The van der Waals surface area contributed by atoms with Crippen molar-refractivity contribution in [1.82, 2.24) is 14.8 Å². The third kappa shape index (κ3) is 4.98. The molecule has 5 heteroatoms. The molecule has 1 fully saturated rings. The van der Waals surface area contributed by atoms with Gasteiger partial charge in [-0.3, -0.25) is 14.6 Å². The number of hydrogen-bond donors (Lipinski definition) is 0. The van der Waals surface area contributed by atoms with Crippen molar-refractivity contribution in [2.24, 2.45) is 5.41 Å². The molecule has 1 atom stereocenters. The Morgan fingerprint density at radius 2 is 1.64 bits per heavy atom. The molecule has 0 radical (unpaired) electrons. The molecule has 2 aromatic carbocycles. The molecule has 0 aliphatic carbocycles. The molecular weight excluding hydrogens is 410 g/mol. The molecule has 170 valence electrons. The highest BCUT2D eigenvalue weighted by molar-refractivity contribution is 5.93. The number of aryl methyl sites for hydroxylation is 1. The second kappa shape index (κ2) is 9.57. The Bertz CT molecular complexity index is 1110. The predicted molar refractivity (Wildman–Crippen MR) is 131 cm³/mol. The van der Waals surface area contributed by atoms with E-state index in [1.165, 1.54) is 11.1 Å². The zero-order chi connectivity index (χ0) is 23.4. The number of piperidine rings is 1. The van der Waals surface area contributed by atoms with Gasteiger partial charge in [-0.05, 0) is 55.0 Å². The van der Waals surface area contributed by atoms with E-state index in [9.17, 15) is 9.59 Å². The van der Waals surface area contributed by atoms with Gasteiger partial charge in [-0.2, -0.15) is 0 Å². The number of rotatable bonds is 5. The van der Waals surface area contributed by atoms with Crippen LogP contribution in [-0.2, 0) is 11.2 Å². The maximum absolute atomic E-state index is 13.4. The van der Waals surface area contributed by atoms with Crippen LogP contribution in [0.2, 0.25) is 0 Å². The fraction of sp³-hybridized carbons (Fsp3) is 0.321. The van der Waals surface area contributed by atoms with Gasteiger partial charge >= 0.3 is 0 Å². The quantitative estimate of drug-likeness (QED) is 0.581. The Morgan fingerprint density at radius 1 is 0.970 bits per heavy atom. The van der Waals surface area contributed by atoms with E-state index in [2.05, 4.69) is 60.4 Å². The van der Waals surface area contributed by atoms with E-state index in [0.29, 0.717) is 25.2 Å². The van der Waals surface area contributed by atoms with Gasteiger partial charge in [-0.25, -0.2) is 0 Å². The Morgan fingerprint density at radius 3 is 2.24 bits per heavy atom. The number of hydrogen-bond acceptors (Lipinski definition) is 3. The largest absolute Gasteiger partial charge is 0.348 e. The minimum Gasteiger partial charge on any atom is -0.348 e. The molecule has 4 rings (SSSR count). The van der Waals surface area contributed by atoms with Crippen LogP contribution in [0.5, 0.6) is 0 Å². The molecule has 1 saturated heterocycles. The van der Waals surface area contributed by atoms with Crippen LogP contribution < -0.4 is 0 Å². The fourth-order valence-electron chi connectivity index (χ4n) is 4.78. The molecular formula is C28H31N3O2. The number of amides is 2. The first-order chi connectivity index (χ1) is 15.9. The molecule has 2 heterocycles. The number of aromatic nitrogens is 1. The summed E-state index contributed by atoms with van der Waals surface area (Å²) < 4.78 is 0. The molecule has 0 unspecified atom stereocenters. The summed E-state index contributed by atoms with van der Waals surface area (Å²) in [6.45, 7) is 3.13. The van der Waals surface area contributed by atoms with Gasteiger partial charge in [0.15, 0.2) is 0 Å². The van der Waals surface area contributed by atoms with Crippen molar-refractivity contribution in [2.45, 2.75) is 26.2 Å². The van der Waals surface area contributed by atoms with Crippen LogP contribution in [0, 0.1) is 12.3 Å². The Labute approximate surface area is 196 Å². The topological polar surface area (TPSA) is 53.5 Å². The molecule has 0 bridgehead atoms. The summed E-state index contributed by atoms with van der Waals surface area (Å²) in [5.74, 6) is -0.0374. The third-order valence-electron chi connectivity index (χ3n) is 6.49. The molecule has 1 aliphatic heterocycles. The fourth-order valence-corrected chi connectivity index (χ4v) is 4.78. The number of pyridine rings is 1. The Hall–Kier alpha value is -3.47. The highest BCUT2D eigenvalue weighted by atomic mass is 16.2. The average molecular weight is 442 g/mol. The monoisotopic (exact) mass is 441 g/mol. The Kier molecular flexibility index (Phi) is 6.59. The summed E-state index contributed by atoms with van der Waals surface area (Å²) in [5, 5.41) is 0. The minimum atomic E-state index is -0.641. The summed E-state index contributed by atoms with van der Waals surface area (Å²) in [5.41, 5.74) is 4.46. The maximum Gasteiger partial charge on any atom is 0.272 e. The van der Waals surface area contributed by atoms with Crippen LogP contribution in [-0.4, -0.2) is 53.8 Å². The highest BCUT2D eigenvalue weighted by Crippen LogP contribution is 2.36. The van der Waals surface area contributed by atoms with Gasteiger partial charge in [0.05, 0.1) is 5.41 Å².